The molecule has 1 amide bonds. The van der Waals surface area contributed by atoms with Crippen molar-refractivity contribution in [2.75, 3.05) is 13.6 Å². The molecule has 1 rings (SSSR count). The third-order valence-corrected chi connectivity index (χ3v) is 2.22. The van der Waals surface area contributed by atoms with Crippen molar-refractivity contribution in [2.24, 2.45) is 5.73 Å². The molecule has 0 aromatic carbocycles. The number of carbonyl (C=O) groups excluding carboxylic acids is 1. The number of nitrogens with one attached hydrogen (secondary N) is 1. The molecule has 0 spiro atoms. The second-order valence-electron chi connectivity index (χ2n) is 3.90. The highest BCUT2D eigenvalue weighted by Gasteiger charge is 2.34. The van der Waals surface area contributed by atoms with E-state index in [0.717, 1.165) is 6.07 Å². The van der Waals surface area contributed by atoms with Gasteiger partial charge in [-0.25, -0.2) is 4.98 Å². The summed E-state index contributed by atoms with van der Waals surface area (Å²) in [6.07, 6.45) is -5.07. The first-order valence-corrected chi connectivity index (χ1v) is 5.45. The van der Waals surface area contributed by atoms with Crippen LogP contribution in [-0.2, 0) is 6.18 Å². The lowest BCUT2D eigenvalue weighted by Crippen LogP contribution is -2.28. The van der Waals surface area contributed by atoms with Crippen LogP contribution in [0.1, 0.15) is 23.0 Å². The Bertz CT molecular complexity index is 463. The van der Waals surface area contributed by atoms with E-state index in [2.05, 4.69) is 10.3 Å². The summed E-state index contributed by atoms with van der Waals surface area (Å²) in [6, 6.07) is 1.65. The zero-order valence-electron chi connectivity index (χ0n) is 10.4. The summed E-state index contributed by atoms with van der Waals surface area (Å²) in [7, 11) is 1.66. The molecule has 0 radical (unpaired) electrons. The van der Waals surface area contributed by atoms with Crippen molar-refractivity contribution in [2.45, 2.75) is 19.2 Å². The van der Waals surface area contributed by atoms with E-state index in [-0.39, 0.29) is 5.56 Å². The molecule has 0 aliphatic carbocycles. The van der Waals surface area contributed by atoms with Crippen LogP contribution in [0.3, 0.4) is 0 Å². The number of pyridine rings is 1. The molecule has 1 atom stereocenters. The Labute approximate surface area is 108 Å². The molecular weight excluding hydrogens is 263 g/mol. The quantitative estimate of drug-likeness (QED) is 0.847. The Balaban J connectivity index is 3.12. The normalized spacial score (nSPS) is 13.1. The van der Waals surface area contributed by atoms with E-state index < -0.39 is 29.8 Å². The fourth-order valence-electron chi connectivity index (χ4n) is 1.40. The number of amides is 1. The van der Waals surface area contributed by atoms with Crippen molar-refractivity contribution in [3.63, 3.8) is 0 Å². The number of rotatable bonds is 5. The summed E-state index contributed by atoms with van der Waals surface area (Å²) in [6.45, 7) is 2.01. The van der Waals surface area contributed by atoms with Gasteiger partial charge in [0.25, 0.3) is 5.91 Å². The average molecular weight is 277 g/mol. The third-order valence-electron chi connectivity index (χ3n) is 2.22. The number of alkyl halides is 3. The highest BCUT2D eigenvalue weighted by Crippen LogP contribution is 2.30. The number of likely N-dealkylation sites (N-methyl/N-ethyl adjacent to an activating group) is 1. The number of nitrogens with two attached hydrogens (primary N) is 1. The van der Waals surface area contributed by atoms with Gasteiger partial charge in [-0.05, 0) is 26.1 Å². The van der Waals surface area contributed by atoms with Crippen LogP contribution in [0.25, 0.3) is 0 Å². The topological polar surface area (TPSA) is 77.2 Å². The fraction of sp³-hybridized carbons (Fsp3) is 0.455. The molecule has 0 fully saturated rings. The van der Waals surface area contributed by atoms with Gasteiger partial charge < -0.3 is 15.8 Å². The lowest BCUT2D eigenvalue weighted by molar-refractivity contribution is -0.141. The van der Waals surface area contributed by atoms with Gasteiger partial charge in [-0.2, -0.15) is 13.2 Å². The van der Waals surface area contributed by atoms with E-state index in [0.29, 0.717) is 12.6 Å². The van der Waals surface area contributed by atoms with Gasteiger partial charge in [0.1, 0.15) is 17.4 Å². The van der Waals surface area contributed by atoms with Crippen molar-refractivity contribution in [1.29, 1.82) is 0 Å². The second kappa shape index (κ2) is 5.87. The van der Waals surface area contributed by atoms with Crippen molar-refractivity contribution in [1.82, 2.24) is 10.3 Å². The molecule has 5 nitrogen and oxygen atoms in total. The molecule has 1 aromatic heterocycles. The number of hydrogen-bond acceptors (Lipinski definition) is 4. The van der Waals surface area contributed by atoms with Gasteiger partial charge in [0.05, 0.1) is 0 Å². The third kappa shape index (κ3) is 4.09. The van der Waals surface area contributed by atoms with E-state index in [4.69, 9.17) is 10.5 Å². The van der Waals surface area contributed by atoms with Gasteiger partial charge in [0.15, 0.2) is 0 Å². The van der Waals surface area contributed by atoms with Gasteiger partial charge in [-0.1, -0.05) is 0 Å². The molecule has 8 heteroatoms. The maximum atomic E-state index is 12.5. The van der Waals surface area contributed by atoms with Gasteiger partial charge >= 0.3 is 6.18 Å². The maximum Gasteiger partial charge on any atom is 0.433 e. The molecule has 0 saturated heterocycles. The minimum Gasteiger partial charge on any atom is -0.473 e. The summed E-state index contributed by atoms with van der Waals surface area (Å²) in [5, 5.41) is 2.79. The van der Waals surface area contributed by atoms with Gasteiger partial charge in [0, 0.05) is 6.54 Å². The van der Waals surface area contributed by atoms with Crippen LogP contribution < -0.4 is 15.8 Å². The molecule has 0 saturated carbocycles. The number of carbonyl (C=O) groups is 1. The fourth-order valence-corrected chi connectivity index (χ4v) is 1.40. The van der Waals surface area contributed by atoms with Crippen LogP contribution >= 0.6 is 0 Å². The second-order valence-corrected chi connectivity index (χ2v) is 3.90. The maximum absolute atomic E-state index is 12.5. The van der Waals surface area contributed by atoms with Gasteiger partial charge in [-0.15, -0.1) is 0 Å². The minimum absolute atomic E-state index is 0.184. The van der Waals surface area contributed by atoms with Crippen molar-refractivity contribution in [3.8, 4) is 5.88 Å². The monoisotopic (exact) mass is 277 g/mol. The zero-order valence-corrected chi connectivity index (χ0v) is 10.4. The number of halogens is 3. The van der Waals surface area contributed by atoms with E-state index >= 15 is 0 Å². The lowest BCUT2D eigenvalue weighted by atomic mass is 10.2. The molecule has 3 N–H and O–H groups in total. The summed E-state index contributed by atoms with van der Waals surface area (Å²) in [5.41, 5.74) is 3.75. The molecule has 19 heavy (non-hydrogen) atoms. The molecule has 0 bridgehead atoms. The van der Waals surface area contributed by atoms with E-state index in [1.54, 1.807) is 14.0 Å². The average Bonchev–Trinajstić information content (AvgIpc) is 2.27. The standard InChI is InChI=1S/C11H14F3N3O2/c1-6(5-16-2)19-10-7(9(15)18)3-4-8(17-10)11(12,13)14/h3-4,6,16H,5H2,1-2H3,(H2,15,18). The van der Waals surface area contributed by atoms with E-state index in [1.807, 2.05) is 0 Å². The Morgan fingerprint density at radius 2 is 2.16 bits per heavy atom. The SMILES string of the molecule is CNCC(C)Oc1nc(C(F)(F)F)ccc1C(N)=O. The van der Waals surface area contributed by atoms with Crippen molar-refractivity contribution < 1.29 is 22.7 Å². The minimum atomic E-state index is -4.61. The van der Waals surface area contributed by atoms with Gasteiger partial charge in [0.2, 0.25) is 5.88 Å². The number of nitrogens with zero attached hydrogens (tertiary/aromatic N) is 1. The molecule has 0 aliphatic rings. The lowest BCUT2D eigenvalue weighted by Gasteiger charge is -2.16. The van der Waals surface area contributed by atoms with Crippen LogP contribution in [0.5, 0.6) is 5.88 Å². The van der Waals surface area contributed by atoms with Crippen LogP contribution in [-0.4, -0.2) is 30.6 Å². The first kappa shape index (κ1) is 15.2. The Kier molecular flexibility index (Phi) is 4.71. The van der Waals surface area contributed by atoms with E-state index in [1.165, 1.54) is 0 Å². The number of ether oxygens (including phenoxy) is 1. The van der Waals surface area contributed by atoms with E-state index in [9.17, 15) is 18.0 Å². The molecule has 1 aromatic rings. The molecule has 106 valence electrons. The Morgan fingerprint density at radius 1 is 1.53 bits per heavy atom. The predicted molar refractivity (Wildman–Crippen MR) is 61.8 cm³/mol. The highest BCUT2D eigenvalue weighted by atomic mass is 19.4. The Morgan fingerprint density at radius 3 is 2.63 bits per heavy atom. The van der Waals surface area contributed by atoms with Crippen LogP contribution in [0.2, 0.25) is 0 Å². The summed E-state index contributed by atoms with van der Waals surface area (Å²) < 4.78 is 42.8. The zero-order chi connectivity index (χ0) is 14.6. The smallest absolute Gasteiger partial charge is 0.433 e. The largest absolute Gasteiger partial charge is 0.473 e. The predicted octanol–water partition coefficient (Wildman–Crippen LogP) is 1.19. The molecule has 0 aliphatic heterocycles. The highest BCUT2D eigenvalue weighted by molar-refractivity contribution is 5.95. The summed E-state index contributed by atoms with van der Waals surface area (Å²) in [5.74, 6) is -1.31. The summed E-state index contributed by atoms with van der Waals surface area (Å²) >= 11 is 0. The first-order chi connectivity index (χ1) is 8.75. The van der Waals surface area contributed by atoms with Crippen molar-refractivity contribution in [3.05, 3.63) is 23.4 Å². The number of primary amides is 1. The van der Waals surface area contributed by atoms with Gasteiger partial charge in [-0.3, -0.25) is 4.79 Å². The number of aromatic nitrogens is 1. The van der Waals surface area contributed by atoms with Crippen molar-refractivity contribution >= 4 is 5.91 Å². The van der Waals surface area contributed by atoms with Crippen LogP contribution in [0.4, 0.5) is 13.2 Å². The first-order valence-electron chi connectivity index (χ1n) is 5.45. The Hall–Kier alpha value is -1.83. The number of hydrogen-bond donors (Lipinski definition) is 2. The van der Waals surface area contributed by atoms with Crippen LogP contribution in [0.15, 0.2) is 12.1 Å². The summed E-state index contributed by atoms with van der Waals surface area (Å²) in [4.78, 5) is 14.4. The van der Waals surface area contributed by atoms with Crippen LogP contribution in [0, 0.1) is 0 Å². The molecule has 1 heterocycles. The molecular formula is C11H14F3N3O2. The molecule has 1 unspecified atom stereocenters.